The first-order valence-corrected chi connectivity index (χ1v) is 9.87. The quantitative estimate of drug-likeness (QED) is 0.340. The highest BCUT2D eigenvalue weighted by molar-refractivity contribution is 5.93. The van der Waals surface area contributed by atoms with Crippen molar-refractivity contribution in [1.82, 2.24) is 0 Å². The minimum atomic E-state index is -0.235. The largest absolute Gasteiger partial charge is 0.462 e. The van der Waals surface area contributed by atoms with Crippen LogP contribution in [-0.4, -0.2) is 19.2 Å². The monoisotopic (exact) mass is 348 g/mol. The van der Waals surface area contributed by atoms with Crippen molar-refractivity contribution in [3.05, 3.63) is 33.9 Å². The summed E-state index contributed by atoms with van der Waals surface area (Å²) in [4.78, 5) is 12.4. The van der Waals surface area contributed by atoms with Crippen LogP contribution < -0.4 is 0 Å². The number of benzene rings is 1. The van der Waals surface area contributed by atoms with Gasteiger partial charge in [0.2, 0.25) is 0 Å². The lowest BCUT2D eigenvalue weighted by Gasteiger charge is -2.17. The predicted octanol–water partition coefficient (Wildman–Crippen LogP) is 6.06. The van der Waals surface area contributed by atoms with Gasteiger partial charge in [-0.15, -0.1) is 0 Å². The molecule has 3 nitrogen and oxygen atoms in total. The normalized spacial score (nSPS) is 10.9. The van der Waals surface area contributed by atoms with E-state index in [0.717, 1.165) is 35.3 Å². The van der Waals surface area contributed by atoms with Crippen LogP contribution in [0.3, 0.4) is 0 Å². The molecule has 0 N–H and O–H groups in total. The summed E-state index contributed by atoms with van der Waals surface area (Å²) in [6, 6.07) is 2.13. The molecule has 0 aliphatic rings. The van der Waals surface area contributed by atoms with Crippen LogP contribution in [0.1, 0.15) is 91.4 Å². The molecule has 0 aliphatic carbocycles. The smallest absolute Gasteiger partial charge is 0.338 e. The fourth-order valence-corrected chi connectivity index (χ4v) is 3.14. The number of ether oxygens (including phenoxy) is 2. The molecule has 0 radical (unpaired) electrons. The molecule has 0 unspecified atom stereocenters. The minimum absolute atomic E-state index is 0.235. The van der Waals surface area contributed by atoms with Crippen LogP contribution in [0.25, 0.3) is 0 Å². The van der Waals surface area contributed by atoms with E-state index in [2.05, 4.69) is 13.0 Å². The average Bonchev–Trinajstić information content (AvgIpc) is 2.57. The summed E-state index contributed by atoms with van der Waals surface area (Å²) in [5.74, 6) is -0.235. The Bertz CT molecular complexity index is 535. The molecule has 0 aromatic heterocycles. The van der Waals surface area contributed by atoms with Gasteiger partial charge in [0.1, 0.15) is 0 Å². The van der Waals surface area contributed by atoms with E-state index in [0.29, 0.717) is 18.8 Å². The lowest BCUT2D eigenvalue weighted by atomic mass is 9.93. The zero-order chi connectivity index (χ0) is 18.7. The number of unbranched alkanes of at least 4 members (excludes halogenated alkanes) is 6. The fourth-order valence-electron chi connectivity index (χ4n) is 3.14. The van der Waals surface area contributed by atoms with Gasteiger partial charge < -0.3 is 9.47 Å². The molecule has 0 spiro atoms. The molecule has 1 aromatic rings. The van der Waals surface area contributed by atoms with Crippen molar-refractivity contribution in [3.63, 3.8) is 0 Å². The van der Waals surface area contributed by atoms with Crippen LogP contribution in [0.15, 0.2) is 6.07 Å². The molecule has 0 heterocycles. The number of hydrogen-bond donors (Lipinski definition) is 0. The van der Waals surface area contributed by atoms with Crippen LogP contribution in [0.2, 0.25) is 0 Å². The van der Waals surface area contributed by atoms with Crippen LogP contribution in [0, 0.1) is 20.8 Å². The van der Waals surface area contributed by atoms with Gasteiger partial charge in [0.25, 0.3) is 0 Å². The maximum absolute atomic E-state index is 12.4. The van der Waals surface area contributed by atoms with Gasteiger partial charge in [-0.25, -0.2) is 4.79 Å². The zero-order valence-corrected chi connectivity index (χ0v) is 16.9. The Morgan fingerprint density at radius 3 is 2.20 bits per heavy atom. The SMILES string of the molecule is CCCCCCCCCOCc1c(C)cc(C)c(C)c1C(=O)OCC. The molecule has 0 atom stereocenters. The lowest BCUT2D eigenvalue weighted by molar-refractivity contribution is 0.0516. The second-order valence-electron chi connectivity index (χ2n) is 6.88. The van der Waals surface area contributed by atoms with Gasteiger partial charge in [-0.05, 0) is 56.4 Å². The molecule has 0 aliphatic heterocycles. The Morgan fingerprint density at radius 2 is 1.56 bits per heavy atom. The van der Waals surface area contributed by atoms with E-state index < -0.39 is 0 Å². The number of carbonyl (C=O) groups excluding carboxylic acids is 1. The van der Waals surface area contributed by atoms with Gasteiger partial charge in [0.05, 0.1) is 18.8 Å². The average molecular weight is 349 g/mol. The first kappa shape index (κ1) is 21.7. The van der Waals surface area contributed by atoms with E-state index >= 15 is 0 Å². The number of rotatable bonds is 12. The van der Waals surface area contributed by atoms with Crippen molar-refractivity contribution in [3.8, 4) is 0 Å². The first-order chi connectivity index (χ1) is 12.0. The second-order valence-corrected chi connectivity index (χ2v) is 6.88. The van der Waals surface area contributed by atoms with E-state index in [4.69, 9.17) is 9.47 Å². The topological polar surface area (TPSA) is 35.5 Å². The summed E-state index contributed by atoms with van der Waals surface area (Å²) < 4.78 is 11.1. The van der Waals surface area contributed by atoms with Crippen LogP contribution in [-0.2, 0) is 16.1 Å². The molecular weight excluding hydrogens is 312 g/mol. The Balaban J connectivity index is 2.55. The highest BCUT2D eigenvalue weighted by Crippen LogP contribution is 2.24. The molecule has 0 amide bonds. The minimum Gasteiger partial charge on any atom is -0.462 e. The zero-order valence-electron chi connectivity index (χ0n) is 16.9. The highest BCUT2D eigenvalue weighted by Gasteiger charge is 2.19. The van der Waals surface area contributed by atoms with Gasteiger partial charge >= 0.3 is 5.97 Å². The summed E-state index contributed by atoms with van der Waals surface area (Å²) >= 11 is 0. The van der Waals surface area contributed by atoms with E-state index in [1.54, 1.807) is 0 Å². The highest BCUT2D eigenvalue weighted by atomic mass is 16.5. The Labute approximate surface area is 154 Å². The number of hydrogen-bond acceptors (Lipinski definition) is 3. The van der Waals surface area contributed by atoms with Crippen molar-refractivity contribution in [1.29, 1.82) is 0 Å². The number of aryl methyl sites for hydroxylation is 2. The Hall–Kier alpha value is -1.35. The van der Waals surface area contributed by atoms with Crippen LogP contribution in [0.5, 0.6) is 0 Å². The molecule has 25 heavy (non-hydrogen) atoms. The molecule has 0 bridgehead atoms. The summed E-state index contributed by atoms with van der Waals surface area (Å²) in [7, 11) is 0. The molecule has 1 rings (SSSR count). The third-order valence-corrected chi connectivity index (χ3v) is 4.80. The van der Waals surface area contributed by atoms with Gasteiger partial charge in [-0.3, -0.25) is 0 Å². The van der Waals surface area contributed by atoms with Gasteiger partial charge in [-0.1, -0.05) is 51.5 Å². The molecule has 142 valence electrons. The molecular formula is C22H36O3. The van der Waals surface area contributed by atoms with E-state index in [1.165, 1.54) is 38.5 Å². The molecule has 0 saturated heterocycles. The molecule has 1 aromatic carbocycles. The third kappa shape index (κ3) is 7.19. The first-order valence-electron chi connectivity index (χ1n) is 9.87. The third-order valence-electron chi connectivity index (χ3n) is 4.80. The summed E-state index contributed by atoms with van der Waals surface area (Å²) in [6.45, 7) is 11.8. The van der Waals surface area contributed by atoms with Crippen molar-refractivity contribution in [2.75, 3.05) is 13.2 Å². The van der Waals surface area contributed by atoms with Gasteiger partial charge in [-0.2, -0.15) is 0 Å². The summed E-state index contributed by atoms with van der Waals surface area (Å²) in [6.07, 6.45) is 8.92. The standard InChI is InChI=1S/C22H36O3/c1-6-8-9-10-11-12-13-14-24-16-20-18(4)15-17(3)19(5)21(20)22(23)25-7-2/h15H,6-14,16H2,1-5H3. The van der Waals surface area contributed by atoms with Crippen LogP contribution >= 0.6 is 0 Å². The van der Waals surface area contributed by atoms with Crippen LogP contribution in [0.4, 0.5) is 0 Å². The molecule has 0 fully saturated rings. The number of esters is 1. The van der Waals surface area contributed by atoms with Crippen molar-refractivity contribution >= 4 is 5.97 Å². The molecule has 3 heteroatoms. The predicted molar refractivity (Wildman–Crippen MR) is 104 cm³/mol. The van der Waals surface area contributed by atoms with Gasteiger partial charge in [0, 0.05) is 6.61 Å². The number of carbonyl (C=O) groups is 1. The fraction of sp³-hybridized carbons (Fsp3) is 0.682. The van der Waals surface area contributed by atoms with E-state index in [-0.39, 0.29) is 5.97 Å². The van der Waals surface area contributed by atoms with E-state index in [1.807, 2.05) is 27.7 Å². The lowest BCUT2D eigenvalue weighted by Crippen LogP contribution is -2.14. The van der Waals surface area contributed by atoms with E-state index in [9.17, 15) is 4.79 Å². The Morgan fingerprint density at radius 1 is 0.920 bits per heavy atom. The summed E-state index contributed by atoms with van der Waals surface area (Å²) in [5, 5.41) is 0. The molecule has 0 saturated carbocycles. The van der Waals surface area contributed by atoms with Crippen molar-refractivity contribution in [2.45, 2.75) is 86.2 Å². The summed E-state index contributed by atoms with van der Waals surface area (Å²) in [5.41, 5.74) is 4.89. The Kier molecular flexibility index (Phi) is 10.5. The second kappa shape index (κ2) is 12.1. The van der Waals surface area contributed by atoms with Crippen molar-refractivity contribution in [2.24, 2.45) is 0 Å². The van der Waals surface area contributed by atoms with Crippen molar-refractivity contribution < 1.29 is 14.3 Å². The maximum atomic E-state index is 12.4. The maximum Gasteiger partial charge on any atom is 0.338 e. The van der Waals surface area contributed by atoms with Gasteiger partial charge in [0.15, 0.2) is 0 Å².